The number of rotatable bonds is 4. The number of fused-ring (bicyclic) bond motifs is 2. The minimum Gasteiger partial charge on any atom is -0.497 e. The Morgan fingerprint density at radius 2 is 1.66 bits per heavy atom. The molecule has 3 aromatic rings. The van der Waals surface area contributed by atoms with Gasteiger partial charge in [-0.2, -0.15) is 4.68 Å². The molecule has 8 nitrogen and oxygen atoms in total. The van der Waals surface area contributed by atoms with Gasteiger partial charge in [-0.25, -0.2) is 9.48 Å². The third kappa shape index (κ3) is 2.72. The Hall–Kier alpha value is -3.81. The van der Waals surface area contributed by atoms with Crippen molar-refractivity contribution in [1.82, 2.24) is 9.36 Å². The molecule has 0 amide bonds. The molecule has 0 saturated carbocycles. The van der Waals surface area contributed by atoms with E-state index in [1.54, 1.807) is 55.5 Å². The van der Waals surface area contributed by atoms with Crippen molar-refractivity contribution in [1.29, 1.82) is 0 Å². The number of esters is 1. The third-order valence-electron chi connectivity index (χ3n) is 4.95. The summed E-state index contributed by atoms with van der Waals surface area (Å²) in [6, 6.07) is 12.5. The van der Waals surface area contributed by atoms with Crippen LogP contribution < -0.4 is 21.6 Å². The molecule has 1 aromatic heterocycles. The predicted octanol–water partition coefficient (Wildman–Crippen LogP) is 1.47. The van der Waals surface area contributed by atoms with Gasteiger partial charge in [0.05, 0.1) is 24.5 Å². The van der Waals surface area contributed by atoms with Crippen LogP contribution in [0.3, 0.4) is 0 Å². The number of ether oxygens (including phenoxy) is 2. The largest absolute Gasteiger partial charge is 0.497 e. The molecule has 8 heteroatoms. The summed E-state index contributed by atoms with van der Waals surface area (Å²) in [6.45, 7) is 1.80. The van der Waals surface area contributed by atoms with Gasteiger partial charge in [-0.1, -0.05) is 24.3 Å². The van der Waals surface area contributed by atoms with Gasteiger partial charge in [-0.15, -0.1) is 0 Å². The molecule has 2 N–H and O–H groups in total. The van der Waals surface area contributed by atoms with Crippen molar-refractivity contribution in [3.63, 3.8) is 0 Å². The van der Waals surface area contributed by atoms with Crippen molar-refractivity contribution in [2.45, 2.75) is 13.0 Å². The Morgan fingerprint density at radius 1 is 1.03 bits per heavy atom. The fourth-order valence-electron chi connectivity index (χ4n) is 3.64. The van der Waals surface area contributed by atoms with Crippen LogP contribution in [0, 0.1) is 0 Å². The number of aromatic nitrogens is 2. The molecule has 2 heterocycles. The van der Waals surface area contributed by atoms with Crippen molar-refractivity contribution in [2.75, 3.05) is 13.7 Å². The quantitative estimate of drug-likeness (QED) is 0.673. The normalized spacial score (nSPS) is 15.4. The average Bonchev–Trinajstić information content (AvgIpc) is 3.05. The van der Waals surface area contributed by atoms with Crippen LogP contribution in [-0.4, -0.2) is 29.0 Å². The highest BCUT2D eigenvalue weighted by atomic mass is 16.5. The molecule has 2 aromatic carbocycles. The topological polar surface area (TPSA) is 106 Å². The molecule has 0 bridgehead atoms. The van der Waals surface area contributed by atoms with Gasteiger partial charge >= 0.3 is 5.97 Å². The number of carbonyl (C=O) groups is 1. The molecule has 1 aliphatic rings. The Morgan fingerprint density at radius 3 is 2.24 bits per heavy atom. The molecule has 1 unspecified atom stereocenters. The summed E-state index contributed by atoms with van der Waals surface area (Å²) in [4.78, 5) is 39.1. The molecular formula is C21H19N3O5. The summed E-state index contributed by atoms with van der Waals surface area (Å²) in [5.74, 6) is -0.174. The summed E-state index contributed by atoms with van der Waals surface area (Å²) >= 11 is 0. The predicted molar refractivity (Wildman–Crippen MR) is 108 cm³/mol. The molecule has 0 radical (unpaired) electrons. The Labute approximate surface area is 165 Å². The number of hydrogen-bond donors (Lipinski definition) is 1. The third-order valence-corrected chi connectivity index (χ3v) is 4.95. The van der Waals surface area contributed by atoms with E-state index in [1.807, 2.05) is 0 Å². The smallest absolute Gasteiger partial charge is 0.340 e. The fourth-order valence-corrected chi connectivity index (χ4v) is 3.64. The second-order valence-corrected chi connectivity index (χ2v) is 6.51. The second kappa shape index (κ2) is 6.97. The Balaban J connectivity index is 2.07. The number of hydrogen-bond acceptors (Lipinski definition) is 6. The molecule has 0 aliphatic carbocycles. The van der Waals surface area contributed by atoms with Gasteiger partial charge in [0.1, 0.15) is 23.2 Å². The van der Waals surface area contributed by atoms with Gasteiger partial charge in [-0.05, 0) is 36.8 Å². The summed E-state index contributed by atoms with van der Waals surface area (Å²) in [5.41, 5.74) is 5.96. The van der Waals surface area contributed by atoms with Crippen molar-refractivity contribution in [3.8, 4) is 5.75 Å². The Kier molecular flexibility index (Phi) is 4.46. The van der Waals surface area contributed by atoms with Gasteiger partial charge in [-0.3, -0.25) is 9.59 Å². The van der Waals surface area contributed by atoms with Crippen LogP contribution >= 0.6 is 0 Å². The maximum atomic E-state index is 13.3. The lowest BCUT2D eigenvalue weighted by atomic mass is 9.99. The van der Waals surface area contributed by atoms with E-state index in [0.29, 0.717) is 11.3 Å². The first kappa shape index (κ1) is 18.5. The molecule has 148 valence electrons. The molecule has 0 fully saturated rings. The van der Waals surface area contributed by atoms with E-state index in [2.05, 4.69) is 0 Å². The lowest BCUT2D eigenvalue weighted by Gasteiger charge is -2.18. The van der Waals surface area contributed by atoms with Crippen molar-refractivity contribution in [2.24, 2.45) is 5.73 Å². The van der Waals surface area contributed by atoms with Crippen LogP contribution in [0.15, 0.2) is 63.7 Å². The van der Waals surface area contributed by atoms with Crippen LogP contribution in [0.4, 0.5) is 0 Å². The minimum absolute atomic E-state index is 0.0477. The fraction of sp³-hybridized carbons (Fsp3) is 0.190. The molecule has 29 heavy (non-hydrogen) atoms. The highest BCUT2D eigenvalue weighted by Crippen LogP contribution is 2.34. The first-order chi connectivity index (χ1) is 14.0. The van der Waals surface area contributed by atoms with Gasteiger partial charge in [0.2, 0.25) is 0 Å². The lowest BCUT2D eigenvalue weighted by molar-refractivity contribution is -0.138. The SMILES string of the molecule is CCOC(=O)C1=C(N)n2c(=O)c3ccccc3c(=O)n2C1c1ccc(OC)cc1. The number of benzene rings is 2. The zero-order valence-electron chi connectivity index (χ0n) is 15.9. The first-order valence-electron chi connectivity index (χ1n) is 9.07. The first-order valence-corrected chi connectivity index (χ1v) is 9.07. The minimum atomic E-state index is -0.898. The van der Waals surface area contributed by atoms with E-state index < -0.39 is 23.1 Å². The summed E-state index contributed by atoms with van der Waals surface area (Å²) in [7, 11) is 1.54. The number of carbonyl (C=O) groups excluding carboxylic acids is 1. The van der Waals surface area contributed by atoms with Crippen molar-refractivity contribution in [3.05, 3.63) is 80.4 Å². The molecule has 0 spiro atoms. The molecule has 0 saturated heterocycles. The summed E-state index contributed by atoms with van der Waals surface area (Å²) in [5, 5.41) is 0.487. The molecular weight excluding hydrogens is 374 g/mol. The highest BCUT2D eigenvalue weighted by molar-refractivity contribution is 5.97. The van der Waals surface area contributed by atoms with Crippen LogP contribution in [0.2, 0.25) is 0 Å². The monoisotopic (exact) mass is 393 g/mol. The van der Waals surface area contributed by atoms with E-state index in [4.69, 9.17) is 15.2 Å². The van der Waals surface area contributed by atoms with Crippen molar-refractivity contribution >= 4 is 22.6 Å². The van der Waals surface area contributed by atoms with Crippen molar-refractivity contribution < 1.29 is 14.3 Å². The van der Waals surface area contributed by atoms with E-state index in [-0.39, 0.29) is 28.8 Å². The number of methoxy groups -OCH3 is 1. The van der Waals surface area contributed by atoms with Crippen LogP contribution in [0.5, 0.6) is 5.75 Å². The standard InChI is InChI=1S/C21H19N3O5/c1-3-29-21(27)16-17(12-8-10-13(28-2)11-9-12)23-19(25)14-6-4-5-7-15(14)20(26)24(23)18(16)22/h4-11,17H,3,22H2,1-2H3. The Bertz CT molecular complexity index is 1270. The average molecular weight is 393 g/mol. The molecule has 1 aliphatic heterocycles. The number of nitrogens with zero attached hydrogens (tertiary/aromatic N) is 2. The van der Waals surface area contributed by atoms with Gasteiger partial charge in [0, 0.05) is 0 Å². The van der Waals surface area contributed by atoms with Gasteiger partial charge in [0.15, 0.2) is 0 Å². The van der Waals surface area contributed by atoms with Crippen LogP contribution in [-0.2, 0) is 9.53 Å². The zero-order valence-corrected chi connectivity index (χ0v) is 15.9. The van der Waals surface area contributed by atoms with Gasteiger partial charge < -0.3 is 15.2 Å². The maximum absolute atomic E-state index is 13.3. The van der Waals surface area contributed by atoms with E-state index in [9.17, 15) is 14.4 Å². The van der Waals surface area contributed by atoms with E-state index in [0.717, 1.165) is 4.68 Å². The lowest BCUT2D eigenvalue weighted by Crippen LogP contribution is -2.38. The van der Waals surface area contributed by atoms with Gasteiger partial charge in [0.25, 0.3) is 11.1 Å². The zero-order chi connectivity index (χ0) is 20.7. The van der Waals surface area contributed by atoms with Crippen LogP contribution in [0.1, 0.15) is 18.5 Å². The second-order valence-electron chi connectivity index (χ2n) is 6.51. The summed E-state index contributed by atoms with van der Waals surface area (Å²) < 4.78 is 12.6. The summed E-state index contributed by atoms with van der Waals surface area (Å²) in [6.07, 6.45) is 0. The molecule has 1 atom stereocenters. The highest BCUT2D eigenvalue weighted by Gasteiger charge is 2.38. The van der Waals surface area contributed by atoms with Crippen LogP contribution in [0.25, 0.3) is 16.6 Å². The number of nitrogens with two attached hydrogens (primary N) is 1. The van der Waals surface area contributed by atoms with E-state index >= 15 is 0 Å². The maximum Gasteiger partial charge on any atom is 0.340 e. The van der Waals surface area contributed by atoms with E-state index in [1.165, 1.54) is 11.8 Å². The molecule has 4 rings (SSSR count).